The second kappa shape index (κ2) is 7.40. The number of nitrogens with one attached hydrogen (secondary N) is 2. The number of para-hydroxylation sites is 1. The summed E-state index contributed by atoms with van der Waals surface area (Å²) in [6.07, 6.45) is 21.2. The van der Waals surface area contributed by atoms with Crippen LogP contribution >= 0.6 is 0 Å². The van der Waals surface area contributed by atoms with Gasteiger partial charge in [-0.15, -0.1) is 0 Å². The van der Waals surface area contributed by atoms with Crippen molar-refractivity contribution in [2.24, 2.45) is 5.92 Å². The van der Waals surface area contributed by atoms with Gasteiger partial charge in [-0.25, -0.2) is 0 Å². The normalized spacial score (nSPS) is 24.3. The van der Waals surface area contributed by atoms with Crippen LogP contribution in [0.2, 0.25) is 0 Å². The van der Waals surface area contributed by atoms with Gasteiger partial charge in [0.15, 0.2) is 0 Å². The Bertz CT molecular complexity index is 1010. The van der Waals surface area contributed by atoms with Gasteiger partial charge in [0.25, 0.3) is 0 Å². The van der Waals surface area contributed by atoms with E-state index < -0.39 is 0 Å². The molecule has 0 heterocycles. The van der Waals surface area contributed by atoms with Crippen molar-refractivity contribution in [2.45, 2.75) is 18.4 Å². The first-order chi connectivity index (χ1) is 13.8. The van der Waals surface area contributed by atoms with Gasteiger partial charge in [0, 0.05) is 34.9 Å². The van der Waals surface area contributed by atoms with Gasteiger partial charge >= 0.3 is 0 Å². The molecule has 2 aromatic rings. The van der Waals surface area contributed by atoms with Crippen molar-refractivity contribution in [1.82, 2.24) is 0 Å². The Hall–Kier alpha value is -3.26. The minimum absolute atomic E-state index is 0.382. The molecule has 0 bridgehead atoms. The lowest BCUT2D eigenvalue weighted by Gasteiger charge is -2.30. The highest BCUT2D eigenvalue weighted by molar-refractivity contribution is 5.67. The highest BCUT2D eigenvalue weighted by Gasteiger charge is 2.25. The van der Waals surface area contributed by atoms with Gasteiger partial charge in [-0.05, 0) is 47.9 Å². The van der Waals surface area contributed by atoms with E-state index in [0.717, 1.165) is 17.8 Å². The molecule has 28 heavy (non-hydrogen) atoms. The van der Waals surface area contributed by atoms with Crippen molar-refractivity contribution in [3.05, 3.63) is 114 Å². The van der Waals surface area contributed by atoms with Crippen molar-refractivity contribution in [1.29, 1.82) is 0 Å². The predicted octanol–water partition coefficient (Wildman–Crippen LogP) is 6.28. The molecule has 3 aliphatic rings. The second-order valence-electron chi connectivity index (χ2n) is 7.58. The van der Waals surface area contributed by atoms with Crippen LogP contribution in [0.4, 0.5) is 11.4 Å². The van der Waals surface area contributed by atoms with Gasteiger partial charge in [0.2, 0.25) is 0 Å². The minimum Gasteiger partial charge on any atom is -0.379 e. The van der Waals surface area contributed by atoms with Gasteiger partial charge in [-0.2, -0.15) is 0 Å². The van der Waals surface area contributed by atoms with Crippen LogP contribution in [0.3, 0.4) is 0 Å². The number of rotatable bonds is 4. The van der Waals surface area contributed by atoms with Gasteiger partial charge in [-0.3, -0.25) is 0 Å². The zero-order valence-corrected chi connectivity index (χ0v) is 15.8. The van der Waals surface area contributed by atoms with Gasteiger partial charge in [0.1, 0.15) is 0 Å². The number of hydrogen-bond donors (Lipinski definition) is 2. The van der Waals surface area contributed by atoms with E-state index in [9.17, 15) is 0 Å². The maximum atomic E-state index is 3.63. The molecular weight excluding hydrogens is 340 g/mol. The second-order valence-corrected chi connectivity index (χ2v) is 7.58. The number of hydrogen-bond acceptors (Lipinski definition) is 2. The van der Waals surface area contributed by atoms with Crippen LogP contribution in [-0.4, -0.2) is 6.04 Å². The average molecular weight is 364 g/mol. The molecule has 3 aliphatic carbocycles. The Labute approximate surface area is 166 Å². The largest absolute Gasteiger partial charge is 0.379 e. The number of anilines is 2. The molecule has 0 saturated carbocycles. The molecule has 2 nitrogen and oxygen atoms in total. The van der Waals surface area contributed by atoms with E-state index in [-0.39, 0.29) is 0 Å². The lowest BCUT2D eigenvalue weighted by Crippen LogP contribution is -2.19. The molecule has 0 fully saturated rings. The summed E-state index contributed by atoms with van der Waals surface area (Å²) in [6, 6.07) is 17.5. The van der Waals surface area contributed by atoms with Crippen molar-refractivity contribution in [3.8, 4) is 0 Å². The summed E-state index contributed by atoms with van der Waals surface area (Å²) < 4.78 is 0. The summed E-state index contributed by atoms with van der Waals surface area (Å²) in [4.78, 5) is 0. The monoisotopic (exact) mass is 364 g/mol. The van der Waals surface area contributed by atoms with E-state index in [1.54, 1.807) is 0 Å². The van der Waals surface area contributed by atoms with Gasteiger partial charge < -0.3 is 10.6 Å². The van der Waals surface area contributed by atoms with Crippen LogP contribution in [0.15, 0.2) is 103 Å². The highest BCUT2D eigenvalue weighted by Crippen LogP contribution is 2.40. The number of benzene rings is 2. The molecule has 2 N–H and O–H groups in total. The molecule has 2 heteroatoms. The van der Waals surface area contributed by atoms with Crippen LogP contribution in [0.5, 0.6) is 0 Å². The summed E-state index contributed by atoms with van der Waals surface area (Å²) in [5, 5.41) is 7.14. The fraction of sp³-hybridized carbons (Fsp3) is 0.154. The topological polar surface area (TPSA) is 24.1 Å². The maximum absolute atomic E-state index is 3.63. The third kappa shape index (κ3) is 3.46. The van der Waals surface area contributed by atoms with Crippen LogP contribution in [-0.2, 0) is 0 Å². The van der Waals surface area contributed by atoms with Crippen LogP contribution in [0.1, 0.15) is 23.5 Å². The van der Waals surface area contributed by atoms with Crippen LogP contribution in [0, 0.1) is 5.92 Å². The highest BCUT2D eigenvalue weighted by atomic mass is 14.9. The number of fused-ring (bicyclic) bond motifs is 3. The van der Waals surface area contributed by atoms with Gasteiger partial charge in [0.05, 0.1) is 0 Å². The molecule has 0 amide bonds. The zero-order valence-electron chi connectivity index (χ0n) is 15.8. The Balaban J connectivity index is 1.33. The number of allylic oxidation sites excluding steroid dienone is 6. The molecule has 5 rings (SSSR count). The van der Waals surface area contributed by atoms with Crippen LogP contribution < -0.4 is 10.6 Å². The van der Waals surface area contributed by atoms with E-state index >= 15 is 0 Å². The van der Waals surface area contributed by atoms with Crippen molar-refractivity contribution in [3.63, 3.8) is 0 Å². The zero-order chi connectivity index (χ0) is 18.8. The van der Waals surface area contributed by atoms with E-state index in [1.165, 1.54) is 16.8 Å². The molecule has 2 unspecified atom stereocenters. The van der Waals surface area contributed by atoms with Crippen molar-refractivity contribution >= 4 is 17.5 Å². The summed E-state index contributed by atoms with van der Waals surface area (Å²) in [6.45, 7) is 0. The lowest BCUT2D eigenvalue weighted by molar-refractivity contribution is 0.686. The quantitative estimate of drug-likeness (QED) is 0.667. The molecule has 0 saturated heterocycles. The molecule has 0 aliphatic heterocycles. The lowest BCUT2D eigenvalue weighted by atomic mass is 9.76. The summed E-state index contributed by atoms with van der Waals surface area (Å²) in [5.41, 5.74) is 6.20. The molecule has 0 aromatic heterocycles. The van der Waals surface area contributed by atoms with E-state index in [0.29, 0.717) is 17.9 Å². The third-order valence-electron chi connectivity index (χ3n) is 5.61. The maximum Gasteiger partial charge on any atom is 0.0482 e. The Kier molecular flexibility index (Phi) is 4.46. The summed E-state index contributed by atoms with van der Waals surface area (Å²) >= 11 is 0. The SMILES string of the molecule is C1=CCC(Nc2ccc3c(c2)C=CC2C=C(Nc4ccccc4)C=C[C@@H]32)C=C1. The Morgan fingerprint density at radius 3 is 2.61 bits per heavy atom. The molecular formula is C26H24N2. The first kappa shape index (κ1) is 16.9. The van der Waals surface area contributed by atoms with Crippen LogP contribution in [0.25, 0.3) is 6.08 Å². The molecule has 2 aromatic carbocycles. The van der Waals surface area contributed by atoms with Crippen molar-refractivity contribution in [2.75, 3.05) is 10.6 Å². The molecule has 138 valence electrons. The molecule has 0 radical (unpaired) electrons. The average Bonchev–Trinajstić information content (AvgIpc) is 2.75. The van der Waals surface area contributed by atoms with E-state index in [2.05, 4.69) is 108 Å². The predicted molar refractivity (Wildman–Crippen MR) is 119 cm³/mol. The first-order valence-corrected chi connectivity index (χ1v) is 9.99. The summed E-state index contributed by atoms with van der Waals surface area (Å²) in [7, 11) is 0. The fourth-order valence-electron chi connectivity index (χ4n) is 4.19. The summed E-state index contributed by atoms with van der Waals surface area (Å²) in [5.74, 6) is 0.807. The first-order valence-electron chi connectivity index (χ1n) is 9.99. The van der Waals surface area contributed by atoms with Crippen molar-refractivity contribution < 1.29 is 0 Å². The Morgan fingerprint density at radius 1 is 0.821 bits per heavy atom. The fourth-order valence-corrected chi connectivity index (χ4v) is 4.19. The standard InChI is InChI=1S/C26H24N2/c1-3-7-21(8-4-1)27-23-13-15-25-19(17-23)11-12-20-18-24(14-16-26(20)25)28-22-9-5-2-6-10-22/h1-9,11-19,22,25,27-28H,10H2/t19?,22?,25-/m1/s1. The van der Waals surface area contributed by atoms with E-state index in [1.807, 2.05) is 6.07 Å². The van der Waals surface area contributed by atoms with Gasteiger partial charge in [-0.1, -0.05) is 72.9 Å². The molecule has 0 spiro atoms. The Morgan fingerprint density at radius 2 is 1.75 bits per heavy atom. The minimum atomic E-state index is 0.382. The molecule has 3 atom stereocenters. The third-order valence-corrected chi connectivity index (χ3v) is 5.61. The van der Waals surface area contributed by atoms with E-state index in [4.69, 9.17) is 0 Å². The smallest absolute Gasteiger partial charge is 0.0482 e.